The molecule has 0 amide bonds. The number of fused-ring (bicyclic) bond motifs is 1. The first kappa shape index (κ1) is 14.6. The van der Waals surface area contributed by atoms with Gasteiger partial charge in [0.25, 0.3) is 0 Å². The SMILES string of the molecule is CC1CC2OC(=O)C3CCCC(C23)C12CC(c1ccoc1)OC2=O. The van der Waals surface area contributed by atoms with E-state index in [0.717, 1.165) is 31.2 Å². The van der Waals surface area contributed by atoms with Crippen molar-refractivity contribution >= 4 is 11.9 Å². The fourth-order valence-electron chi connectivity index (χ4n) is 6.08. The number of hydrogen-bond donors (Lipinski definition) is 0. The highest BCUT2D eigenvalue weighted by Gasteiger charge is 2.67. The largest absolute Gasteiger partial charge is 0.472 e. The minimum absolute atomic E-state index is 0.00537. The van der Waals surface area contributed by atoms with E-state index in [1.54, 1.807) is 12.5 Å². The van der Waals surface area contributed by atoms with Crippen LogP contribution in [0.15, 0.2) is 23.0 Å². The van der Waals surface area contributed by atoms with Gasteiger partial charge in [-0.2, -0.15) is 0 Å². The Balaban J connectivity index is 1.54. The third-order valence-electron chi connectivity index (χ3n) is 7.15. The number of hydrogen-bond acceptors (Lipinski definition) is 5. The number of carbonyl (C=O) groups is 2. The minimum atomic E-state index is -0.476. The number of cyclic esters (lactones) is 1. The molecule has 3 heterocycles. The van der Waals surface area contributed by atoms with Crippen LogP contribution in [0.1, 0.15) is 50.7 Å². The van der Waals surface area contributed by atoms with E-state index in [4.69, 9.17) is 13.9 Å². The lowest BCUT2D eigenvalue weighted by Crippen LogP contribution is -2.54. The zero-order chi connectivity index (χ0) is 16.5. The van der Waals surface area contributed by atoms with E-state index in [-0.39, 0.29) is 47.8 Å². The van der Waals surface area contributed by atoms with Gasteiger partial charge in [-0.3, -0.25) is 9.59 Å². The molecule has 1 aromatic rings. The maximum atomic E-state index is 13.1. The molecule has 7 atom stereocenters. The van der Waals surface area contributed by atoms with Crippen molar-refractivity contribution < 1.29 is 23.5 Å². The highest BCUT2D eigenvalue weighted by Crippen LogP contribution is 2.64. The van der Waals surface area contributed by atoms with Crippen LogP contribution in [0.3, 0.4) is 0 Å². The molecule has 2 saturated carbocycles. The van der Waals surface area contributed by atoms with Gasteiger partial charge in [0.2, 0.25) is 0 Å². The van der Waals surface area contributed by atoms with Crippen LogP contribution >= 0.6 is 0 Å². The summed E-state index contributed by atoms with van der Waals surface area (Å²) in [6.07, 6.45) is 7.41. The molecule has 4 aliphatic rings. The number of carbonyl (C=O) groups excluding carboxylic acids is 2. The fourth-order valence-corrected chi connectivity index (χ4v) is 6.08. The molecule has 1 spiro atoms. The van der Waals surface area contributed by atoms with E-state index in [2.05, 4.69) is 6.92 Å². The third kappa shape index (κ3) is 1.70. The molecule has 5 nitrogen and oxygen atoms in total. The number of rotatable bonds is 1. The number of ether oxygens (including phenoxy) is 2. The molecule has 0 N–H and O–H groups in total. The molecule has 2 aliphatic carbocycles. The maximum Gasteiger partial charge on any atom is 0.313 e. The van der Waals surface area contributed by atoms with Crippen molar-refractivity contribution in [1.29, 1.82) is 0 Å². The first-order valence-corrected chi connectivity index (χ1v) is 9.05. The molecule has 0 bridgehead atoms. The second-order valence-corrected chi connectivity index (χ2v) is 8.03. The van der Waals surface area contributed by atoms with Crippen LogP contribution in [0, 0.1) is 29.1 Å². The van der Waals surface area contributed by atoms with E-state index in [9.17, 15) is 9.59 Å². The highest BCUT2D eigenvalue weighted by molar-refractivity contribution is 5.82. The van der Waals surface area contributed by atoms with E-state index in [1.807, 2.05) is 6.07 Å². The average molecular weight is 330 g/mol. The van der Waals surface area contributed by atoms with Crippen molar-refractivity contribution in [3.63, 3.8) is 0 Å². The first-order chi connectivity index (χ1) is 11.6. The van der Waals surface area contributed by atoms with Crippen molar-refractivity contribution in [3.05, 3.63) is 24.2 Å². The van der Waals surface area contributed by atoms with Crippen molar-refractivity contribution in [2.24, 2.45) is 29.1 Å². The van der Waals surface area contributed by atoms with Gasteiger partial charge in [-0.05, 0) is 37.2 Å². The second-order valence-electron chi connectivity index (χ2n) is 8.03. The van der Waals surface area contributed by atoms with Crippen LogP contribution in [0.25, 0.3) is 0 Å². The lowest BCUT2D eigenvalue weighted by Gasteiger charge is -2.50. The van der Waals surface area contributed by atoms with Gasteiger partial charge in [-0.15, -0.1) is 0 Å². The molecule has 5 heteroatoms. The van der Waals surface area contributed by atoms with Crippen LogP contribution in [-0.4, -0.2) is 18.0 Å². The Bertz CT molecular complexity index is 680. The van der Waals surface area contributed by atoms with Crippen molar-refractivity contribution in [2.45, 2.75) is 51.2 Å². The van der Waals surface area contributed by atoms with Gasteiger partial charge in [0, 0.05) is 17.9 Å². The van der Waals surface area contributed by atoms with Crippen LogP contribution in [-0.2, 0) is 19.1 Å². The summed E-state index contributed by atoms with van der Waals surface area (Å²) in [5.41, 5.74) is 0.455. The van der Waals surface area contributed by atoms with Gasteiger partial charge in [0.05, 0.1) is 23.9 Å². The van der Waals surface area contributed by atoms with E-state index < -0.39 is 5.41 Å². The van der Waals surface area contributed by atoms with Gasteiger partial charge >= 0.3 is 11.9 Å². The van der Waals surface area contributed by atoms with E-state index in [0.29, 0.717) is 6.42 Å². The topological polar surface area (TPSA) is 65.7 Å². The zero-order valence-corrected chi connectivity index (χ0v) is 13.8. The van der Waals surface area contributed by atoms with Gasteiger partial charge in [0.15, 0.2) is 0 Å². The Hall–Kier alpha value is -1.78. The monoisotopic (exact) mass is 330 g/mol. The Kier molecular flexibility index (Phi) is 2.95. The van der Waals surface area contributed by atoms with Crippen LogP contribution in [0.4, 0.5) is 0 Å². The van der Waals surface area contributed by atoms with Gasteiger partial charge in [-0.1, -0.05) is 13.3 Å². The predicted octanol–water partition coefficient (Wildman–Crippen LogP) is 3.25. The van der Waals surface area contributed by atoms with Crippen molar-refractivity contribution in [2.75, 3.05) is 0 Å². The summed E-state index contributed by atoms with van der Waals surface area (Å²) in [4.78, 5) is 25.3. The molecular formula is C19H22O5. The third-order valence-corrected chi connectivity index (χ3v) is 7.15. The van der Waals surface area contributed by atoms with E-state index >= 15 is 0 Å². The first-order valence-electron chi connectivity index (χ1n) is 9.05. The molecule has 5 rings (SSSR count). The van der Waals surface area contributed by atoms with Crippen molar-refractivity contribution in [3.8, 4) is 0 Å². The Morgan fingerprint density at radius 2 is 2.08 bits per heavy atom. The van der Waals surface area contributed by atoms with Gasteiger partial charge in [0.1, 0.15) is 12.2 Å². The van der Waals surface area contributed by atoms with Gasteiger partial charge < -0.3 is 13.9 Å². The van der Waals surface area contributed by atoms with Gasteiger partial charge in [-0.25, -0.2) is 0 Å². The molecule has 128 valence electrons. The molecule has 2 aliphatic heterocycles. The number of esters is 2. The summed E-state index contributed by atoms with van der Waals surface area (Å²) in [6, 6.07) is 1.87. The second kappa shape index (κ2) is 4.87. The highest BCUT2D eigenvalue weighted by atomic mass is 16.6. The summed E-state index contributed by atoms with van der Waals surface area (Å²) in [6.45, 7) is 2.13. The fraction of sp³-hybridized carbons (Fsp3) is 0.684. The summed E-state index contributed by atoms with van der Waals surface area (Å²) in [7, 11) is 0. The van der Waals surface area contributed by atoms with Crippen LogP contribution in [0.2, 0.25) is 0 Å². The summed E-state index contributed by atoms with van der Waals surface area (Å²) in [5.74, 6) is 0.414. The minimum Gasteiger partial charge on any atom is -0.472 e. The summed E-state index contributed by atoms with van der Waals surface area (Å²) >= 11 is 0. The van der Waals surface area contributed by atoms with Crippen LogP contribution < -0.4 is 0 Å². The summed E-state index contributed by atoms with van der Waals surface area (Å²) < 4.78 is 16.7. The lowest BCUT2D eigenvalue weighted by molar-refractivity contribution is -0.163. The predicted molar refractivity (Wildman–Crippen MR) is 82.6 cm³/mol. The van der Waals surface area contributed by atoms with Crippen LogP contribution in [0.5, 0.6) is 0 Å². The van der Waals surface area contributed by atoms with E-state index in [1.165, 1.54) is 0 Å². The standard InChI is InChI=1S/C19H22O5/c1-10-7-14-16-12(17(20)23-14)3-2-4-13(16)19(10)8-15(24-18(19)21)11-5-6-22-9-11/h5-6,9-10,12-16H,2-4,7-8H2,1H3. The Morgan fingerprint density at radius 3 is 2.88 bits per heavy atom. The molecule has 24 heavy (non-hydrogen) atoms. The molecule has 4 fully saturated rings. The quantitative estimate of drug-likeness (QED) is 0.740. The Morgan fingerprint density at radius 1 is 1.21 bits per heavy atom. The molecule has 1 aromatic heterocycles. The smallest absolute Gasteiger partial charge is 0.313 e. The zero-order valence-electron chi connectivity index (χ0n) is 13.8. The maximum absolute atomic E-state index is 13.1. The lowest BCUT2D eigenvalue weighted by atomic mass is 9.50. The van der Waals surface area contributed by atoms with Crippen molar-refractivity contribution in [1.82, 2.24) is 0 Å². The molecule has 0 aromatic carbocycles. The normalized spacial score (nSPS) is 46.7. The molecular weight excluding hydrogens is 308 g/mol. The average Bonchev–Trinajstić information content (AvgIpc) is 3.26. The number of furan rings is 1. The Labute approximate surface area is 140 Å². The molecule has 2 saturated heterocycles. The molecule has 0 radical (unpaired) electrons. The molecule has 7 unspecified atom stereocenters. The summed E-state index contributed by atoms with van der Waals surface area (Å²) in [5, 5.41) is 0.